The van der Waals surface area contributed by atoms with Crippen LogP contribution in [0.1, 0.15) is 27.7 Å². The van der Waals surface area contributed by atoms with Crippen LogP contribution in [0, 0.1) is 11.3 Å². The van der Waals surface area contributed by atoms with Gasteiger partial charge >= 0.3 is 0 Å². The Hall–Kier alpha value is 0.270. The minimum Gasteiger partial charge on any atom is -0.316 e. The molecule has 0 bridgehead atoms. The summed E-state index contributed by atoms with van der Waals surface area (Å²) in [5.74, 6) is 3.38. The summed E-state index contributed by atoms with van der Waals surface area (Å²) in [5, 5.41) is 3.58. The minimum atomic E-state index is 0.400. The van der Waals surface area contributed by atoms with E-state index in [1.165, 1.54) is 31.1 Å². The van der Waals surface area contributed by atoms with Crippen molar-refractivity contribution in [2.45, 2.75) is 27.7 Å². The quantitative estimate of drug-likeness (QED) is 0.772. The topological polar surface area (TPSA) is 15.3 Å². The third kappa shape index (κ3) is 6.12. The molecule has 1 N–H and O–H groups in total. The number of nitrogens with one attached hydrogen (secondary N) is 1. The van der Waals surface area contributed by atoms with Gasteiger partial charge in [0.05, 0.1) is 0 Å². The van der Waals surface area contributed by atoms with Crippen molar-refractivity contribution in [3.05, 3.63) is 0 Å². The number of rotatable bonds is 6. The van der Waals surface area contributed by atoms with Crippen molar-refractivity contribution < 1.29 is 0 Å². The van der Waals surface area contributed by atoms with Gasteiger partial charge < -0.3 is 10.2 Å². The average molecular weight is 244 g/mol. The van der Waals surface area contributed by atoms with Gasteiger partial charge in [-0.2, -0.15) is 11.8 Å². The standard InChI is InChI=1S/C13H28N2S/c1-12(2)9-14-10-13(3,4)11-15-5-7-16-8-6-15/h12,14H,5-11H2,1-4H3. The third-order valence-corrected chi connectivity index (χ3v) is 3.85. The molecule has 1 rings (SSSR count). The van der Waals surface area contributed by atoms with Crippen LogP contribution < -0.4 is 5.32 Å². The van der Waals surface area contributed by atoms with Crippen LogP contribution in [0.2, 0.25) is 0 Å². The van der Waals surface area contributed by atoms with E-state index in [9.17, 15) is 0 Å². The van der Waals surface area contributed by atoms with Crippen LogP contribution in [0.4, 0.5) is 0 Å². The molecular weight excluding hydrogens is 216 g/mol. The summed E-state index contributed by atoms with van der Waals surface area (Å²) in [7, 11) is 0. The Kier molecular flexibility index (Phi) is 6.16. The summed E-state index contributed by atoms with van der Waals surface area (Å²) < 4.78 is 0. The average Bonchev–Trinajstić information content (AvgIpc) is 2.17. The maximum absolute atomic E-state index is 3.58. The predicted octanol–water partition coefficient (Wildman–Crippen LogP) is 2.31. The summed E-state index contributed by atoms with van der Waals surface area (Å²) in [6.45, 7) is 15.3. The Labute approximate surface area is 106 Å². The maximum Gasteiger partial charge on any atom is 0.00729 e. The first-order chi connectivity index (χ1) is 7.49. The summed E-state index contributed by atoms with van der Waals surface area (Å²) in [4.78, 5) is 2.62. The molecule has 0 radical (unpaired) electrons. The molecule has 2 nitrogen and oxygen atoms in total. The first-order valence-electron chi connectivity index (χ1n) is 6.50. The van der Waals surface area contributed by atoms with Crippen LogP contribution >= 0.6 is 11.8 Å². The van der Waals surface area contributed by atoms with Crippen molar-refractivity contribution in [1.29, 1.82) is 0 Å². The Morgan fingerprint density at radius 3 is 2.44 bits per heavy atom. The van der Waals surface area contributed by atoms with Crippen molar-refractivity contribution in [3.8, 4) is 0 Å². The van der Waals surface area contributed by atoms with E-state index < -0.39 is 0 Å². The maximum atomic E-state index is 3.58. The minimum absolute atomic E-state index is 0.400. The smallest absolute Gasteiger partial charge is 0.00729 e. The van der Waals surface area contributed by atoms with Crippen molar-refractivity contribution >= 4 is 11.8 Å². The second-order valence-corrected chi connectivity index (χ2v) is 7.30. The molecule has 0 aliphatic carbocycles. The molecule has 0 saturated carbocycles. The van der Waals surface area contributed by atoms with Gasteiger partial charge in [-0.25, -0.2) is 0 Å². The van der Waals surface area contributed by atoms with Gasteiger partial charge in [0.15, 0.2) is 0 Å². The summed E-state index contributed by atoms with van der Waals surface area (Å²) in [5.41, 5.74) is 0.400. The van der Waals surface area contributed by atoms with E-state index >= 15 is 0 Å². The molecule has 0 amide bonds. The lowest BCUT2D eigenvalue weighted by Crippen LogP contribution is -2.44. The van der Waals surface area contributed by atoms with Crippen LogP contribution in [0.3, 0.4) is 0 Å². The molecule has 0 atom stereocenters. The molecule has 1 saturated heterocycles. The number of hydrogen-bond donors (Lipinski definition) is 1. The summed E-state index contributed by atoms with van der Waals surface area (Å²) in [6.07, 6.45) is 0. The van der Waals surface area contributed by atoms with E-state index in [0.29, 0.717) is 5.41 Å². The van der Waals surface area contributed by atoms with E-state index in [0.717, 1.165) is 19.0 Å². The highest BCUT2D eigenvalue weighted by molar-refractivity contribution is 7.99. The van der Waals surface area contributed by atoms with Gasteiger partial charge in [-0.15, -0.1) is 0 Å². The summed E-state index contributed by atoms with van der Waals surface area (Å²) in [6, 6.07) is 0. The summed E-state index contributed by atoms with van der Waals surface area (Å²) >= 11 is 2.09. The van der Waals surface area contributed by atoms with Crippen LogP contribution in [-0.2, 0) is 0 Å². The zero-order valence-corrected chi connectivity index (χ0v) is 12.2. The second-order valence-electron chi connectivity index (χ2n) is 6.08. The Morgan fingerprint density at radius 2 is 1.88 bits per heavy atom. The van der Waals surface area contributed by atoms with E-state index in [2.05, 4.69) is 49.7 Å². The van der Waals surface area contributed by atoms with Gasteiger partial charge in [0.2, 0.25) is 0 Å². The fourth-order valence-corrected chi connectivity index (χ4v) is 3.10. The molecule has 1 aliphatic heterocycles. The highest BCUT2D eigenvalue weighted by Crippen LogP contribution is 2.19. The van der Waals surface area contributed by atoms with E-state index in [-0.39, 0.29) is 0 Å². The fourth-order valence-electron chi connectivity index (χ4n) is 2.12. The number of nitrogens with zero attached hydrogens (tertiary/aromatic N) is 1. The molecule has 0 unspecified atom stereocenters. The molecule has 3 heteroatoms. The normalized spacial score (nSPS) is 19.3. The van der Waals surface area contributed by atoms with Gasteiger partial charge in [0.25, 0.3) is 0 Å². The van der Waals surface area contributed by atoms with Crippen LogP contribution in [-0.4, -0.2) is 49.1 Å². The number of hydrogen-bond acceptors (Lipinski definition) is 3. The first-order valence-corrected chi connectivity index (χ1v) is 7.66. The van der Waals surface area contributed by atoms with Crippen LogP contribution in [0.25, 0.3) is 0 Å². The van der Waals surface area contributed by atoms with Gasteiger partial charge in [-0.05, 0) is 17.9 Å². The monoisotopic (exact) mass is 244 g/mol. The third-order valence-electron chi connectivity index (χ3n) is 2.91. The van der Waals surface area contributed by atoms with Crippen molar-refractivity contribution in [2.75, 3.05) is 44.2 Å². The molecule has 1 fully saturated rings. The predicted molar refractivity (Wildman–Crippen MR) is 75.3 cm³/mol. The lowest BCUT2D eigenvalue weighted by molar-refractivity contribution is 0.186. The van der Waals surface area contributed by atoms with E-state index in [1.807, 2.05) is 0 Å². The molecule has 96 valence electrons. The van der Waals surface area contributed by atoms with Gasteiger partial charge in [-0.1, -0.05) is 27.7 Å². The van der Waals surface area contributed by atoms with Crippen LogP contribution in [0.15, 0.2) is 0 Å². The molecule has 0 aromatic rings. The Bertz CT molecular complexity index is 186. The Morgan fingerprint density at radius 1 is 1.25 bits per heavy atom. The lowest BCUT2D eigenvalue weighted by Gasteiger charge is -2.35. The van der Waals surface area contributed by atoms with Crippen molar-refractivity contribution in [1.82, 2.24) is 10.2 Å². The zero-order valence-electron chi connectivity index (χ0n) is 11.4. The van der Waals surface area contributed by atoms with Crippen molar-refractivity contribution in [2.24, 2.45) is 11.3 Å². The zero-order chi connectivity index (χ0) is 12.0. The van der Waals surface area contributed by atoms with Gasteiger partial charge in [0, 0.05) is 37.7 Å². The largest absolute Gasteiger partial charge is 0.316 e. The molecule has 1 heterocycles. The van der Waals surface area contributed by atoms with Gasteiger partial charge in [-0.3, -0.25) is 0 Å². The molecule has 1 aliphatic rings. The van der Waals surface area contributed by atoms with Gasteiger partial charge in [0.1, 0.15) is 0 Å². The molecule has 0 spiro atoms. The second kappa shape index (κ2) is 6.87. The highest BCUT2D eigenvalue weighted by Gasteiger charge is 2.22. The van der Waals surface area contributed by atoms with E-state index in [1.54, 1.807) is 0 Å². The van der Waals surface area contributed by atoms with E-state index in [4.69, 9.17) is 0 Å². The molecule has 16 heavy (non-hydrogen) atoms. The first kappa shape index (κ1) is 14.3. The lowest BCUT2D eigenvalue weighted by atomic mass is 9.92. The molecular formula is C13H28N2S. The molecule has 0 aromatic carbocycles. The number of thioether (sulfide) groups is 1. The highest BCUT2D eigenvalue weighted by atomic mass is 32.2. The van der Waals surface area contributed by atoms with Crippen LogP contribution in [0.5, 0.6) is 0 Å². The SMILES string of the molecule is CC(C)CNCC(C)(C)CN1CCSCC1. The fraction of sp³-hybridized carbons (Fsp3) is 1.00. The van der Waals surface area contributed by atoms with Crippen molar-refractivity contribution in [3.63, 3.8) is 0 Å². The Balaban J connectivity index is 2.21. The molecule has 0 aromatic heterocycles.